The van der Waals surface area contributed by atoms with E-state index >= 15 is 0 Å². The maximum absolute atomic E-state index is 12.7. The zero-order valence-electron chi connectivity index (χ0n) is 16.8. The van der Waals surface area contributed by atoms with Gasteiger partial charge in [0.15, 0.2) is 5.69 Å². The second-order valence-electron chi connectivity index (χ2n) is 7.08. The predicted molar refractivity (Wildman–Crippen MR) is 111 cm³/mol. The minimum absolute atomic E-state index is 0.188. The number of nitrogens with zero attached hydrogens (tertiary/aromatic N) is 2. The lowest BCUT2D eigenvalue weighted by atomic mass is 10.1. The molecule has 0 atom stereocenters. The molecule has 3 aromatic rings. The molecule has 1 aromatic heterocycles. The maximum Gasteiger partial charge on any atom is 0.276 e. The van der Waals surface area contributed by atoms with Crippen molar-refractivity contribution in [3.05, 3.63) is 76.1 Å². The van der Waals surface area contributed by atoms with Crippen molar-refractivity contribution in [3.63, 3.8) is 0 Å². The van der Waals surface area contributed by atoms with Gasteiger partial charge in [-0.2, -0.15) is 5.10 Å². The lowest BCUT2D eigenvalue weighted by Crippen LogP contribution is -2.16. The minimum atomic E-state index is -0.354. The summed E-state index contributed by atoms with van der Waals surface area (Å²) in [6, 6.07) is 13.1. The number of carbonyl (C=O) groups is 2. The zero-order valence-corrected chi connectivity index (χ0v) is 16.8. The molecule has 0 spiro atoms. The van der Waals surface area contributed by atoms with Crippen LogP contribution in [-0.2, 0) is 7.05 Å². The van der Waals surface area contributed by atoms with Crippen LogP contribution < -0.4 is 10.6 Å². The Labute approximate surface area is 164 Å². The standard InChI is InChI=1S/C22H24N4O2/c1-13-6-8-17(15(3)10-13)23-21(27)19-12-20(26(5)25-19)22(28)24-18-9-7-14(2)11-16(18)4/h6-12H,1-5H3,(H,23,27)(H,24,28). The largest absolute Gasteiger partial charge is 0.320 e. The van der Waals surface area contributed by atoms with Crippen molar-refractivity contribution in [2.45, 2.75) is 27.7 Å². The zero-order chi connectivity index (χ0) is 20.4. The van der Waals surface area contributed by atoms with Crippen molar-refractivity contribution in [1.29, 1.82) is 0 Å². The fourth-order valence-electron chi connectivity index (χ4n) is 3.07. The van der Waals surface area contributed by atoms with Gasteiger partial charge in [0.2, 0.25) is 0 Å². The van der Waals surface area contributed by atoms with Gasteiger partial charge in [-0.3, -0.25) is 14.3 Å². The van der Waals surface area contributed by atoms with Gasteiger partial charge in [-0.05, 0) is 51.0 Å². The Bertz CT molecular complexity index is 1070. The highest BCUT2D eigenvalue weighted by molar-refractivity contribution is 6.07. The number of benzene rings is 2. The molecule has 0 aliphatic heterocycles. The van der Waals surface area contributed by atoms with Gasteiger partial charge in [0.05, 0.1) is 0 Å². The molecule has 3 rings (SSSR count). The monoisotopic (exact) mass is 376 g/mol. The molecule has 0 radical (unpaired) electrons. The second-order valence-corrected chi connectivity index (χ2v) is 7.08. The number of amides is 2. The quantitative estimate of drug-likeness (QED) is 0.718. The molecule has 2 N–H and O–H groups in total. The first-order valence-corrected chi connectivity index (χ1v) is 9.06. The maximum atomic E-state index is 12.7. The SMILES string of the molecule is Cc1ccc(NC(=O)c2cc(C(=O)Nc3ccc(C)cc3C)n(C)n2)c(C)c1. The third-order valence-corrected chi connectivity index (χ3v) is 4.61. The molecule has 0 unspecified atom stereocenters. The van der Waals surface area contributed by atoms with E-state index in [1.54, 1.807) is 7.05 Å². The van der Waals surface area contributed by atoms with Crippen LogP contribution in [-0.4, -0.2) is 21.6 Å². The minimum Gasteiger partial charge on any atom is -0.320 e. The number of nitrogens with one attached hydrogen (secondary N) is 2. The molecule has 1 heterocycles. The summed E-state index contributed by atoms with van der Waals surface area (Å²) in [5.41, 5.74) is 6.15. The Balaban J connectivity index is 1.78. The Morgan fingerprint density at radius 3 is 1.79 bits per heavy atom. The average molecular weight is 376 g/mol. The Kier molecular flexibility index (Phi) is 5.31. The highest BCUT2D eigenvalue weighted by Crippen LogP contribution is 2.19. The van der Waals surface area contributed by atoms with Gasteiger partial charge in [0, 0.05) is 24.5 Å². The van der Waals surface area contributed by atoms with E-state index < -0.39 is 0 Å². The van der Waals surface area contributed by atoms with Crippen LogP contribution in [0.1, 0.15) is 43.2 Å². The molecule has 2 amide bonds. The summed E-state index contributed by atoms with van der Waals surface area (Å²) in [6.45, 7) is 7.87. The summed E-state index contributed by atoms with van der Waals surface area (Å²) in [6.07, 6.45) is 0. The second kappa shape index (κ2) is 7.68. The molecule has 6 nitrogen and oxygen atoms in total. The van der Waals surface area contributed by atoms with Crippen LogP contribution in [0.15, 0.2) is 42.5 Å². The van der Waals surface area contributed by atoms with Gasteiger partial charge in [-0.25, -0.2) is 0 Å². The Morgan fingerprint density at radius 1 is 0.786 bits per heavy atom. The van der Waals surface area contributed by atoms with E-state index in [9.17, 15) is 9.59 Å². The van der Waals surface area contributed by atoms with Crippen LogP contribution in [0.5, 0.6) is 0 Å². The summed E-state index contributed by atoms with van der Waals surface area (Å²) in [7, 11) is 1.64. The van der Waals surface area contributed by atoms with Crippen molar-refractivity contribution >= 4 is 23.2 Å². The first-order chi connectivity index (χ1) is 13.2. The third-order valence-electron chi connectivity index (χ3n) is 4.61. The number of aryl methyl sites for hydroxylation is 5. The van der Waals surface area contributed by atoms with Crippen LogP contribution in [0.3, 0.4) is 0 Å². The number of carbonyl (C=O) groups excluding carboxylic acids is 2. The molecule has 0 saturated carbocycles. The van der Waals surface area contributed by atoms with Crippen molar-refractivity contribution in [2.24, 2.45) is 7.05 Å². The van der Waals surface area contributed by atoms with Crippen molar-refractivity contribution in [1.82, 2.24) is 9.78 Å². The van der Waals surface area contributed by atoms with E-state index in [0.29, 0.717) is 5.69 Å². The van der Waals surface area contributed by atoms with Crippen molar-refractivity contribution in [3.8, 4) is 0 Å². The fourth-order valence-corrected chi connectivity index (χ4v) is 3.07. The lowest BCUT2D eigenvalue weighted by molar-refractivity contribution is 0.101. The van der Waals surface area contributed by atoms with Gasteiger partial charge in [-0.15, -0.1) is 0 Å². The van der Waals surface area contributed by atoms with Gasteiger partial charge >= 0.3 is 0 Å². The van der Waals surface area contributed by atoms with Gasteiger partial charge < -0.3 is 10.6 Å². The predicted octanol–water partition coefficient (Wildman–Crippen LogP) is 4.16. The van der Waals surface area contributed by atoms with E-state index in [2.05, 4.69) is 15.7 Å². The van der Waals surface area contributed by atoms with E-state index in [4.69, 9.17) is 0 Å². The summed E-state index contributed by atoms with van der Waals surface area (Å²) in [4.78, 5) is 25.2. The molecule has 0 fully saturated rings. The Hall–Kier alpha value is -3.41. The van der Waals surface area contributed by atoms with E-state index in [0.717, 1.165) is 33.6 Å². The van der Waals surface area contributed by atoms with Crippen LogP contribution in [0.2, 0.25) is 0 Å². The molecule has 2 aromatic carbocycles. The van der Waals surface area contributed by atoms with Crippen LogP contribution >= 0.6 is 0 Å². The molecule has 0 aliphatic rings. The first kappa shape index (κ1) is 19.4. The molecular weight excluding hydrogens is 352 g/mol. The van der Waals surface area contributed by atoms with Crippen LogP contribution in [0.25, 0.3) is 0 Å². The van der Waals surface area contributed by atoms with E-state index in [-0.39, 0.29) is 17.5 Å². The summed E-state index contributed by atoms with van der Waals surface area (Å²) in [5.74, 6) is -0.666. The molecule has 144 valence electrons. The van der Waals surface area contributed by atoms with Crippen LogP contribution in [0, 0.1) is 27.7 Å². The molecule has 0 aliphatic carbocycles. The number of aromatic nitrogens is 2. The molecule has 0 saturated heterocycles. The summed E-state index contributed by atoms with van der Waals surface area (Å²) < 4.78 is 1.41. The number of rotatable bonds is 4. The normalized spacial score (nSPS) is 10.6. The highest BCUT2D eigenvalue weighted by atomic mass is 16.2. The van der Waals surface area contributed by atoms with Gasteiger partial charge in [0.25, 0.3) is 11.8 Å². The molecule has 28 heavy (non-hydrogen) atoms. The number of hydrogen-bond donors (Lipinski definition) is 2. The van der Waals surface area contributed by atoms with Crippen molar-refractivity contribution < 1.29 is 9.59 Å². The van der Waals surface area contributed by atoms with Gasteiger partial charge in [0.1, 0.15) is 5.69 Å². The number of anilines is 2. The molecular formula is C22H24N4O2. The first-order valence-electron chi connectivity index (χ1n) is 9.06. The average Bonchev–Trinajstić information content (AvgIpc) is 3.02. The van der Waals surface area contributed by atoms with Gasteiger partial charge in [-0.1, -0.05) is 35.4 Å². The topological polar surface area (TPSA) is 76.0 Å². The summed E-state index contributed by atoms with van der Waals surface area (Å²) in [5, 5.41) is 9.93. The van der Waals surface area contributed by atoms with Crippen LogP contribution in [0.4, 0.5) is 11.4 Å². The molecule has 0 bridgehead atoms. The number of hydrogen-bond acceptors (Lipinski definition) is 3. The summed E-state index contributed by atoms with van der Waals surface area (Å²) >= 11 is 0. The fraction of sp³-hybridized carbons (Fsp3) is 0.227. The smallest absolute Gasteiger partial charge is 0.276 e. The lowest BCUT2D eigenvalue weighted by Gasteiger charge is -2.09. The van der Waals surface area contributed by atoms with Crippen molar-refractivity contribution in [2.75, 3.05) is 10.6 Å². The Morgan fingerprint density at radius 2 is 1.29 bits per heavy atom. The van der Waals surface area contributed by atoms with E-state index in [1.165, 1.54) is 10.7 Å². The third kappa shape index (κ3) is 4.11. The van der Waals surface area contributed by atoms with E-state index in [1.807, 2.05) is 64.1 Å². The molecule has 6 heteroatoms. The highest BCUT2D eigenvalue weighted by Gasteiger charge is 2.19.